The fourth-order valence-electron chi connectivity index (χ4n) is 4.00. The first-order valence-electron chi connectivity index (χ1n) is 12.7. The molecule has 0 aromatic carbocycles. The third-order valence-electron chi connectivity index (χ3n) is 5.90. The van der Waals surface area contributed by atoms with Gasteiger partial charge in [-0.2, -0.15) is 0 Å². The van der Waals surface area contributed by atoms with E-state index in [0.717, 1.165) is 25.7 Å². The summed E-state index contributed by atoms with van der Waals surface area (Å²) in [6.07, 6.45) is 25.1. The molecule has 0 N–H and O–H groups in total. The SMILES string of the molecule is CCCCCCCCCCCCC(CCCCCCCCCC)COP(=O)([O-])[O-].[Ca+2]. The van der Waals surface area contributed by atoms with Crippen LogP contribution < -0.4 is 9.79 Å². The molecule has 30 heavy (non-hydrogen) atoms. The summed E-state index contributed by atoms with van der Waals surface area (Å²) in [5.41, 5.74) is 0. The Hall–Kier alpha value is 1.37. The van der Waals surface area contributed by atoms with Crippen LogP contribution in [0.1, 0.15) is 142 Å². The Morgan fingerprint density at radius 1 is 0.600 bits per heavy atom. The van der Waals surface area contributed by atoms with Crippen LogP contribution in [0.5, 0.6) is 0 Å². The first-order valence-corrected chi connectivity index (χ1v) is 14.1. The topological polar surface area (TPSA) is 72.4 Å². The van der Waals surface area contributed by atoms with Gasteiger partial charge in [0.15, 0.2) is 0 Å². The van der Waals surface area contributed by atoms with Gasteiger partial charge in [0.25, 0.3) is 0 Å². The average molecular weight is 473 g/mol. The Labute approximate surface area is 218 Å². The van der Waals surface area contributed by atoms with Crippen molar-refractivity contribution in [3.63, 3.8) is 0 Å². The van der Waals surface area contributed by atoms with Gasteiger partial charge in [-0.05, 0) is 18.8 Å². The molecule has 1 unspecified atom stereocenters. The molecule has 0 bridgehead atoms. The van der Waals surface area contributed by atoms with Gasteiger partial charge in [0, 0.05) is 0 Å². The van der Waals surface area contributed by atoms with Crippen LogP contribution in [-0.2, 0) is 9.09 Å². The van der Waals surface area contributed by atoms with Crippen molar-refractivity contribution in [3.8, 4) is 0 Å². The molecule has 0 saturated carbocycles. The second-order valence-corrected chi connectivity index (χ2v) is 10.00. The quantitative estimate of drug-likeness (QED) is 0.0920. The maximum absolute atomic E-state index is 10.8. The van der Waals surface area contributed by atoms with Crippen molar-refractivity contribution in [1.29, 1.82) is 0 Å². The van der Waals surface area contributed by atoms with E-state index in [1.165, 1.54) is 103 Å². The third kappa shape index (κ3) is 27.4. The molecular formula is C24H49CaO4P. The van der Waals surface area contributed by atoms with Crippen molar-refractivity contribution < 1.29 is 18.9 Å². The van der Waals surface area contributed by atoms with E-state index < -0.39 is 7.82 Å². The fourth-order valence-corrected chi connectivity index (χ4v) is 4.39. The molecule has 0 fully saturated rings. The van der Waals surface area contributed by atoms with Crippen LogP contribution in [-0.4, -0.2) is 44.3 Å². The molecule has 1 atom stereocenters. The van der Waals surface area contributed by atoms with Crippen LogP contribution in [0.4, 0.5) is 0 Å². The number of hydrogen-bond donors (Lipinski definition) is 0. The minimum Gasteiger partial charge on any atom is -0.790 e. The van der Waals surface area contributed by atoms with Crippen LogP contribution in [0, 0.1) is 5.92 Å². The third-order valence-corrected chi connectivity index (χ3v) is 6.37. The van der Waals surface area contributed by atoms with Crippen molar-refractivity contribution in [2.45, 2.75) is 142 Å². The number of rotatable bonds is 23. The Morgan fingerprint density at radius 3 is 1.20 bits per heavy atom. The Bertz CT molecular complexity index is 376. The van der Waals surface area contributed by atoms with Gasteiger partial charge < -0.3 is 18.9 Å². The number of phosphoric ester groups is 1. The molecule has 176 valence electrons. The predicted octanol–water partition coefficient (Wildman–Crippen LogP) is 6.91. The van der Waals surface area contributed by atoms with Crippen LogP contribution in [0.25, 0.3) is 0 Å². The van der Waals surface area contributed by atoms with Crippen LogP contribution >= 0.6 is 7.82 Å². The summed E-state index contributed by atoms with van der Waals surface area (Å²) in [5, 5.41) is 0. The summed E-state index contributed by atoms with van der Waals surface area (Å²) in [6.45, 7) is 4.57. The van der Waals surface area contributed by atoms with E-state index in [1.807, 2.05) is 0 Å². The van der Waals surface area contributed by atoms with Crippen molar-refractivity contribution in [3.05, 3.63) is 0 Å². The van der Waals surface area contributed by atoms with Crippen molar-refractivity contribution >= 4 is 45.6 Å². The summed E-state index contributed by atoms with van der Waals surface area (Å²) >= 11 is 0. The molecule has 0 saturated heterocycles. The second kappa shape index (κ2) is 25.0. The van der Waals surface area contributed by atoms with E-state index in [9.17, 15) is 14.4 Å². The molecule has 0 radical (unpaired) electrons. The van der Waals surface area contributed by atoms with E-state index in [-0.39, 0.29) is 50.3 Å². The van der Waals surface area contributed by atoms with Crippen molar-refractivity contribution in [2.75, 3.05) is 6.61 Å². The van der Waals surface area contributed by atoms with Gasteiger partial charge in [-0.15, -0.1) is 0 Å². The van der Waals surface area contributed by atoms with Gasteiger partial charge in [0.05, 0.1) is 14.4 Å². The summed E-state index contributed by atoms with van der Waals surface area (Å²) in [6, 6.07) is 0. The first-order chi connectivity index (χ1) is 14.0. The zero-order valence-corrected chi connectivity index (χ0v) is 23.3. The normalized spacial score (nSPS) is 12.7. The molecule has 0 aromatic heterocycles. The van der Waals surface area contributed by atoms with Gasteiger partial charge in [-0.25, -0.2) is 0 Å². The standard InChI is InChI=1S/C24H51O4P.Ca/c1-3-5-7-9-11-13-14-16-18-20-22-24(23-28-29(25,26)27)21-19-17-15-12-10-8-6-4-2;/h24H,3-23H2,1-2H3,(H2,25,26,27);/q;+2/p-2. The summed E-state index contributed by atoms with van der Waals surface area (Å²) < 4.78 is 15.4. The second-order valence-electron chi connectivity index (χ2n) is 8.84. The van der Waals surface area contributed by atoms with Crippen LogP contribution in [0.3, 0.4) is 0 Å². The van der Waals surface area contributed by atoms with Crippen LogP contribution in [0.15, 0.2) is 0 Å². The Morgan fingerprint density at radius 2 is 0.900 bits per heavy atom. The van der Waals surface area contributed by atoms with Gasteiger partial charge in [0.2, 0.25) is 0 Å². The van der Waals surface area contributed by atoms with E-state index in [1.54, 1.807) is 0 Å². The van der Waals surface area contributed by atoms with Crippen LogP contribution in [0.2, 0.25) is 0 Å². The fraction of sp³-hybridized carbons (Fsp3) is 1.00. The van der Waals surface area contributed by atoms with E-state index in [4.69, 9.17) is 0 Å². The molecule has 0 rings (SSSR count). The molecule has 4 nitrogen and oxygen atoms in total. The van der Waals surface area contributed by atoms with E-state index in [2.05, 4.69) is 18.4 Å². The van der Waals surface area contributed by atoms with E-state index in [0.29, 0.717) is 0 Å². The molecule has 0 aliphatic carbocycles. The maximum atomic E-state index is 10.8. The average Bonchev–Trinajstić information content (AvgIpc) is 2.68. The zero-order chi connectivity index (χ0) is 21.6. The monoisotopic (exact) mass is 472 g/mol. The number of hydrogen-bond acceptors (Lipinski definition) is 4. The predicted molar refractivity (Wildman–Crippen MR) is 126 cm³/mol. The first kappa shape index (κ1) is 33.5. The van der Waals surface area contributed by atoms with Crippen molar-refractivity contribution in [2.24, 2.45) is 5.92 Å². The molecule has 0 amide bonds. The summed E-state index contributed by atoms with van der Waals surface area (Å²) in [7, 11) is -4.85. The number of unbranched alkanes of at least 4 members (excludes halogenated alkanes) is 16. The smallest absolute Gasteiger partial charge is 0.790 e. The van der Waals surface area contributed by atoms with Gasteiger partial charge >= 0.3 is 37.7 Å². The minimum absolute atomic E-state index is 0. The van der Waals surface area contributed by atoms with Gasteiger partial charge in [0.1, 0.15) is 0 Å². The Kier molecular flexibility index (Phi) is 28.0. The minimum atomic E-state index is -4.85. The largest absolute Gasteiger partial charge is 2.00 e. The molecule has 0 heterocycles. The van der Waals surface area contributed by atoms with Crippen molar-refractivity contribution in [1.82, 2.24) is 0 Å². The number of phosphoric acid groups is 1. The molecule has 0 aromatic rings. The molecular weight excluding hydrogens is 423 g/mol. The molecule has 0 spiro atoms. The van der Waals surface area contributed by atoms with Gasteiger partial charge in [-0.3, -0.25) is 0 Å². The molecule has 6 heteroatoms. The molecule has 0 aliphatic heterocycles. The zero-order valence-electron chi connectivity index (χ0n) is 20.2. The Balaban J connectivity index is 0. The summed E-state index contributed by atoms with van der Waals surface area (Å²) in [4.78, 5) is 21.7. The van der Waals surface area contributed by atoms with E-state index >= 15 is 0 Å². The maximum Gasteiger partial charge on any atom is 2.00 e. The summed E-state index contributed by atoms with van der Waals surface area (Å²) in [5.74, 6) is 0.209. The van der Waals surface area contributed by atoms with Gasteiger partial charge in [-0.1, -0.05) is 129 Å². The molecule has 0 aliphatic rings.